The van der Waals surface area contributed by atoms with Gasteiger partial charge in [0.05, 0.1) is 26.1 Å². The molecule has 25 heteroatoms. The number of amides is 6. The molecule has 2 aliphatic rings. The van der Waals surface area contributed by atoms with E-state index in [1.54, 1.807) is 9.80 Å². The number of phenolic OH excluding ortho intramolecular Hbond substituents is 1. The van der Waals surface area contributed by atoms with Crippen LogP contribution in [0.5, 0.6) is 5.75 Å². The minimum absolute atomic E-state index is 0.00206. The summed E-state index contributed by atoms with van der Waals surface area (Å²) in [5, 5.41) is 53.2. The van der Waals surface area contributed by atoms with Crippen LogP contribution >= 0.6 is 0 Å². The molecule has 14 N–H and O–H groups in total. The number of rotatable bonds is 21. The molecule has 2 saturated heterocycles. The second-order valence-electron chi connectivity index (χ2n) is 16.1. The predicted octanol–water partition coefficient (Wildman–Crippen LogP) is -4.31. The fourth-order valence-corrected chi connectivity index (χ4v) is 7.21. The van der Waals surface area contributed by atoms with Crippen molar-refractivity contribution in [3.05, 3.63) is 29.8 Å². The number of carbonyl (C=O) groups is 9. The van der Waals surface area contributed by atoms with Crippen molar-refractivity contribution in [2.75, 3.05) is 78.5 Å². The summed E-state index contributed by atoms with van der Waals surface area (Å²) in [6, 6.07) is 0.0883. The molecular formula is C41H64N12O13. The van der Waals surface area contributed by atoms with E-state index in [2.05, 4.69) is 41.8 Å². The number of unbranched alkanes of at least 4 members (excludes halogenated alkanes) is 1. The summed E-state index contributed by atoms with van der Waals surface area (Å²) in [5.74, 6) is -8.28. The molecule has 366 valence electrons. The maximum atomic E-state index is 14.0. The number of phenols is 1. The Hall–Kier alpha value is -6.60. The zero-order valence-corrected chi connectivity index (χ0v) is 36.9. The molecule has 0 aliphatic carbocycles. The third kappa shape index (κ3) is 21.4. The monoisotopic (exact) mass is 932 g/mol. The minimum atomic E-state index is -1.66. The molecular weight excluding hydrogens is 869 g/mol. The maximum absolute atomic E-state index is 14.0. The number of nitrogens with zero attached hydrogens (tertiary/aromatic N) is 4. The highest BCUT2D eigenvalue weighted by Gasteiger charge is 2.33. The second kappa shape index (κ2) is 28.3. The molecule has 0 aromatic heterocycles. The lowest BCUT2D eigenvalue weighted by molar-refractivity contribution is -0.141. The lowest BCUT2D eigenvalue weighted by atomic mass is 10.0. The molecule has 4 atom stereocenters. The van der Waals surface area contributed by atoms with Gasteiger partial charge in [-0.1, -0.05) is 12.1 Å². The molecule has 0 radical (unpaired) electrons. The topological polar surface area (TPSA) is 381 Å². The summed E-state index contributed by atoms with van der Waals surface area (Å²) < 4.78 is 0. The smallest absolute Gasteiger partial charge is 0.317 e. The zero-order valence-electron chi connectivity index (χ0n) is 36.9. The molecule has 25 nitrogen and oxygen atoms in total. The van der Waals surface area contributed by atoms with Crippen molar-refractivity contribution < 1.29 is 63.6 Å². The Balaban J connectivity index is 1.72. The van der Waals surface area contributed by atoms with Gasteiger partial charge in [0.1, 0.15) is 29.9 Å². The van der Waals surface area contributed by atoms with E-state index in [4.69, 9.17) is 11.5 Å². The molecule has 0 bridgehead atoms. The highest BCUT2D eigenvalue weighted by Crippen LogP contribution is 2.13. The van der Waals surface area contributed by atoms with Crippen LogP contribution < -0.4 is 43.4 Å². The first-order chi connectivity index (χ1) is 31.4. The number of nitrogens with one attached hydrogen (secondary N) is 6. The Bertz CT molecular complexity index is 1840. The van der Waals surface area contributed by atoms with Gasteiger partial charge in [0.15, 0.2) is 5.96 Å². The number of hydrogen-bond acceptors (Lipinski definition) is 14. The minimum Gasteiger partial charge on any atom is -0.508 e. The number of carboxylic acids is 3. The summed E-state index contributed by atoms with van der Waals surface area (Å²) in [4.78, 5) is 124. The SMILES string of the molecule is NC(N)=NCCC[C@@H]1NC(=O)[C@H](CCCCNC(=O)CCCN2CCN(CC(=O)O)CCN(CC(=O)O)CC2)NC(=O)[C@H](Cc2ccc(O)cc2)NC(=O)[C@H](CC(=O)O)NC(=O)CNC1=O. The molecule has 1 aromatic carbocycles. The number of carboxylic acid groups (broad SMARTS) is 3. The van der Waals surface area contributed by atoms with Crippen molar-refractivity contribution in [1.82, 2.24) is 46.6 Å². The highest BCUT2D eigenvalue weighted by atomic mass is 16.4. The van der Waals surface area contributed by atoms with Crippen LogP contribution in [0, 0.1) is 0 Å². The van der Waals surface area contributed by atoms with Gasteiger partial charge in [-0.3, -0.25) is 57.9 Å². The number of aromatic hydroxyl groups is 1. The van der Waals surface area contributed by atoms with Crippen LogP contribution in [0.1, 0.15) is 56.9 Å². The fourth-order valence-electron chi connectivity index (χ4n) is 7.21. The van der Waals surface area contributed by atoms with E-state index in [0.29, 0.717) is 64.2 Å². The summed E-state index contributed by atoms with van der Waals surface area (Å²) in [7, 11) is 0. The van der Waals surface area contributed by atoms with Gasteiger partial charge in [-0.25, -0.2) is 0 Å². The van der Waals surface area contributed by atoms with Crippen LogP contribution in [-0.4, -0.2) is 197 Å². The number of aliphatic carboxylic acids is 3. The van der Waals surface area contributed by atoms with Gasteiger partial charge in [-0.15, -0.1) is 0 Å². The van der Waals surface area contributed by atoms with Crippen LogP contribution in [0.4, 0.5) is 0 Å². The van der Waals surface area contributed by atoms with Crippen molar-refractivity contribution in [2.24, 2.45) is 16.5 Å². The summed E-state index contributed by atoms with van der Waals surface area (Å²) in [6.45, 7) is 2.60. The van der Waals surface area contributed by atoms with Crippen molar-refractivity contribution in [2.45, 2.75) is 82.0 Å². The molecule has 2 aliphatic heterocycles. The van der Waals surface area contributed by atoms with E-state index in [1.165, 1.54) is 24.3 Å². The third-order valence-electron chi connectivity index (χ3n) is 10.7. The Kier molecular flexibility index (Phi) is 23.1. The molecule has 3 rings (SSSR count). The van der Waals surface area contributed by atoms with Crippen molar-refractivity contribution in [3.8, 4) is 5.75 Å². The molecule has 66 heavy (non-hydrogen) atoms. The van der Waals surface area contributed by atoms with E-state index >= 15 is 0 Å². The van der Waals surface area contributed by atoms with E-state index in [0.717, 1.165) is 0 Å². The molecule has 0 spiro atoms. The van der Waals surface area contributed by atoms with Crippen molar-refractivity contribution in [3.63, 3.8) is 0 Å². The Morgan fingerprint density at radius 3 is 1.76 bits per heavy atom. The Labute approximate surface area is 381 Å². The quantitative estimate of drug-likeness (QED) is 0.0315. The van der Waals surface area contributed by atoms with E-state index in [1.807, 2.05) is 0 Å². The average Bonchev–Trinajstić information content (AvgIpc) is 3.33. The maximum Gasteiger partial charge on any atom is 0.317 e. The van der Waals surface area contributed by atoms with E-state index in [9.17, 15) is 63.6 Å². The van der Waals surface area contributed by atoms with Gasteiger partial charge in [-0.2, -0.15) is 0 Å². The van der Waals surface area contributed by atoms with Gasteiger partial charge in [0.25, 0.3) is 0 Å². The molecule has 1 aromatic rings. The average molecular weight is 933 g/mol. The number of carbonyl (C=O) groups excluding carboxylic acids is 6. The van der Waals surface area contributed by atoms with Gasteiger partial charge in [0, 0.05) is 65.2 Å². The lowest BCUT2D eigenvalue weighted by Gasteiger charge is -2.26. The van der Waals surface area contributed by atoms with E-state index in [-0.39, 0.29) is 82.3 Å². The van der Waals surface area contributed by atoms with Gasteiger partial charge in [-0.05, 0) is 62.8 Å². The molecule has 0 unspecified atom stereocenters. The second-order valence-corrected chi connectivity index (χ2v) is 16.1. The standard InChI is InChI=1S/C41H64N12O13/c42-41(43)45-13-3-6-28-37(63)46-23-33(56)47-31(22-34(57)58)40(66)50-30(21-26-8-10-27(54)11-9-26)39(65)49-29(38(64)48-28)5-1-2-12-44-32(55)7-4-14-51-15-17-52(24-35(59)60)19-20-53(18-16-51)25-36(61)62/h8-11,28-31,54H,1-7,12-25H2,(H,44,55)(H,46,63)(H,47,56)(H,48,64)(H,49,65)(H,50,66)(H,57,58)(H,59,60)(H,61,62)(H4,42,43,45)/t28-,29-,30-,31-/m0/s1. The third-order valence-corrected chi connectivity index (χ3v) is 10.7. The molecule has 2 fully saturated rings. The molecule has 0 saturated carbocycles. The Morgan fingerprint density at radius 2 is 1.18 bits per heavy atom. The first kappa shape index (κ1) is 53.7. The van der Waals surface area contributed by atoms with Crippen LogP contribution in [0.2, 0.25) is 0 Å². The van der Waals surface area contributed by atoms with Crippen LogP contribution in [0.15, 0.2) is 29.3 Å². The normalized spacial score (nSPS) is 21.1. The Morgan fingerprint density at radius 1 is 0.652 bits per heavy atom. The van der Waals surface area contributed by atoms with Gasteiger partial charge < -0.3 is 68.7 Å². The van der Waals surface area contributed by atoms with Crippen molar-refractivity contribution in [1.29, 1.82) is 0 Å². The van der Waals surface area contributed by atoms with Crippen molar-refractivity contribution >= 4 is 59.3 Å². The zero-order chi connectivity index (χ0) is 48.6. The summed E-state index contributed by atoms with van der Waals surface area (Å²) >= 11 is 0. The molecule has 6 amide bonds. The van der Waals surface area contributed by atoms with Crippen LogP contribution in [-0.2, 0) is 49.6 Å². The number of nitrogens with two attached hydrogens (primary N) is 2. The summed E-state index contributed by atoms with van der Waals surface area (Å²) in [5.41, 5.74) is 11.3. The highest BCUT2D eigenvalue weighted by molar-refractivity contribution is 5.98. The lowest BCUT2D eigenvalue weighted by Crippen LogP contribution is -2.58. The molecule has 2 heterocycles. The predicted molar refractivity (Wildman–Crippen MR) is 235 cm³/mol. The fraction of sp³-hybridized carbons (Fsp3) is 0.610. The first-order valence-electron chi connectivity index (χ1n) is 21.8. The number of hydrogen-bond donors (Lipinski definition) is 12. The number of aliphatic imine (C=N–C) groups is 1. The van der Waals surface area contributed by atoms with Crippen LogP contribution in [0.3, 0.4) is 0 Å². The number of guanidine groups is 1. The van der Waals surface area contributed by atoms with Gasteiger partial charge in [0.2, 0.25) is 35.4 Å². The van der Waals surface area contributed by atoms with E-state index < -0.39 is 84.6 Å². The van der Waals surface area contributed by atoms with Crippen LogP contribution in [0.25, 0.3) is 0 Å². The summed E-state index contributed by atoms with van der Waals surface area (Å²) in [6.07, 6.45) is 0.451. The largest absolute Gasteiger partial charge is 0.508 e. The number of benzene rings is 1. The van der Waals surface area contributed by atoms with Gasteiger partial charge >= 0.3 is 17.9 Å². The first-order valence-corrected chi connectivity index (χ1v) is 21.8.